The first-order valence-electron chi connectivity index (χ1n) is 6.98. The van der Waals surface area contributed by atoms with Gasteiger partial charge in [-0.3, -0.25) is 0 Å². The Hall–Kier alpha value is -0.820. The van der Waals surface area contributed by atoms with Crippen LogP contribution in [0.4, 0.5) is 0 Å². The van der Waals surface area contributed by atoms with Crippen molar-refractivity contribution in [3.05, 3.63) is 35.4 Å². The van der Waals surface area contributed by atoms with Gasteiger partial charge in [0.15, 0.2) is 5.96 Å². The van der Waals surface area contributed by atoms with Gasteiger partial charge in [-0.15, -0.1) is 24.0 Å². The Balaban J connectivity index is 0.00000361. The van der Waals surface area contributed by atoms with Gasteiger partial charge in [0.25, 0.3) is 0 Å². The average Bonchev–Trinajstić information content (AvgIpc) is 2.44. The van der Waals surface area contributed by atoms with Crippen LogP contribution in [-0.2, 0) is 17.9 Å². The molecule has 0 fully saturated rings. The SMILES string of the molecule is CCNC(=NCc1ccccc1COCC)NCC.I. The summed E-state index contributed by atoms with van der Waals surface area (Å²) >= 11 is 0. The number of benzene rings is 1. The van der Waals surface area contributed by atoms with Crippen LogP contribution in [0.5, 0.6) is 0 Å². The van der Waals surface area contributed by atoms with Crippen molar-refractivity contribution in [3.63, 3.8) is 0 Å². The lowest BCUT2D eigenvalue weighted by molar-refractivity contribution is 0.133. The van der Waals surface area contributed by atoms with E-state index < -0.39 is 0 Å². The molecule has 0 aliphatic carbocycles. The van der Waals surface area contributed by atoms with Gasteiger partial charge in [0.1, 0.15) is 0 Å². The number of guanidine groups is 1. The molecule has 2 N–H and O–H groups in total. The highest BCUT2D eigenvalue weighted by atomic mass is 127. The number of nitrogens with one attached hydrogen (secondary N) is 2. The van der Waals surface area contributed by atoms with Crippen molar-refractivity contribution in [1.82, 2.24) is 10.6 Å². The highest BCUT2D eigenvalue weighted by Crippen LogP contribution is 2.11. The van der Waals surface area contributed by atoms with E-state index in [1.165, 1.54) is 11.1 Å². The third kappa shape index (κ3) is 7.09. The minimum absolute atomic E-state index is 0. The molecule has 20 heavy (non-hydrogen) atoms. The Labute approximate surface area is 139 Å². The smallest absolute Gasteiger partial charge is 0.191 e. The van der Waals surface area contributed by atoms with E-state index in [0.717, 1.165) is 25.7 Å². The maximum atomic E-state index is 5.48. The van der Waals surface area contributed by atoms with Gasteiger partial charge in [-0.1, -0.05) is 24.3 Å². The topological polar surface area (TPSA) is 45.7 Å². The number of ether oxygens (including phenoxy) is 1. The first-order chi connectivity index (χ1) is 9.31. The van der Waals surface area contributed by atoms with E-state index in [0.29, 0.717) is 13.2 Å². The van der Waals surface area contributed by atoms with Crippen molar-refractivity contribution in [3.8, 4) is 0 Å². The molecule has 1 aromatic carbocycles. The second kappa shape index (κ2) is 12.0. The van der Waals surface area contributed by atoms with Crippen LogP contribution in [0.1, 0.15) is 31.9 Å². The van der Waals surface area contributed by atoms with Crippen LogP contribution in [0.2, 0.25) is 0 Å². The molecule has 1 aromatic rings. The summed E-state index contributed by atoms with van der Waals surface area (Å²) in [7, 11) is 0. The minimum atomic E-state index is 0. The summed E-state index contributed by atoms with van der Waals surface area (Å²) in [4.78, 5) is 4.58. The fourth-order valence-corrected chi connectivity index (χ4v) is 1.74. The fourth-order valence-electron chi connectivity index (χ4n) is 1.74. The number of hydrogen-bond acceptors (Lipinski definition) is 2. The molecule has 0 radical (unpaired) electrons. The molecule has 0 atom stereocenters. The van der Waals surface area contributed by atoms with Crippen LogP contribution in [0.25, 0.3) is 0 Å². The van der Waals surface area contributed by atoms with Crippen molar-refractivity contribution >= 4 is 29.9 Å². The molecular weight excluding hydrogens is 365 g/mol. The molecule has 1 rings (SSSR count). The monoisotopic (exact) mass is 391 g/mol. The van der Waals surface area contributed by atoms with Gasteiger partial charge < -0.3 is 15.4 Å². The quantitative estimate of drug-likeness (QED) is 0.427. The van der Waals surface area contributed by atoms with Crippen LogP contribution < -0.4 is 10.6 Å². The minimum Gasteiger partial charge on any atom is -0.377 e. The summed E-state index contributed by atoms with van der Waals surface area (Å²) in [5, 5.41) is 6.45. The van der Waals surface area contributed by atoms with E-state index >= 15 is 0 Å². The standard InChI is InChI=1S/C15H25N3O.HI/c1-4-16-15(17-5-2)18-11-13-9-7-8-10-14(13)12-19-6-3;/h7-10H,4-6,11-12H2,1-3H3,(H2,16,17,18);1H. The maximum Gasteiger partial charge on any atom is 0.191 e. The molecule has 0 saturated heterocycles. The van der Waals surface area contributed by atoms with Crippen molar-refractivity contribution in [1.29, 1.82) is 0 Å². The van der Waals surface area contributed by atoms with E-state index in [1.54, 1.807) is 0 Å². The Bertz CT molecular complexity index is 388. The normalized spacial score (nSPS) is 9.55. The molecule has 0 bridgehead atoms. The zero-order valence-corrected chi connectivity index (χ0v) is 14.9. The lowest BCUT2D eigenvalue weighted by Crippen LogP contribution is -2.37. The number of rotatable bonds is 7. The Morgan fingerprint density at radius 2 is 1.65 bits per heavy atom. The van der Waals surface area contributed by atoms with Gasteiger partial charge in [0.2, 0.25) is 0 Å². The van der Waals surface area contributed by atoms with Gasteiger partial charge >= 0.3 is 0 Å². The molecule has 0 amide bonds. The summed E-state index contributed by atoms with van der Waals surface area (Å²) in [5.74, 6) is 0.858. The Morgan fingerprint density at radius 3 is 2.20 bits per heavy atom. The largest absolute Gasteiger partial charge is 0.377 e. The molecular formula is C15H26IN3O. The summed E-state index contributed by atoms with van der Waals surface area (Å²) in [6.45, 7) is 9.93. The summed E-state index contributed by atoms with van der Waals surface area (Å²) < 4.78 is 5.48. The lowest BCUT2D eigenvalue weighted by Gasteiger charge is -2.11. The maximum absolute atomic E-state index is 5.48. The van der Waals surface area contributed by atoms with Gasteiger partial charge in [-0.25, -0.2) is 4.99 Å². The van der Waals surface area contributed by atoms with E-state index in [-0.39, 0.29) is 24.0 Å². The van der Waals surface area contributed by atoms with Crippen molar-refractivity contribution in [2.24, 2.45) is 4.99 Å². The van der Waals surface area contributed by atoms with E-state index in [9.17, 15) is 0 Å². The predicted molar refractivity (Wildman–Crippen MR) is 95.7 cm³/mol. The second-order valence-corrected chi connectivity index (χ2v) is 4.13. The molecule has 0 heterocycles. The second-order valence-electron chi connectivity index (χ2n) is 4.13. The highest BCUT2D eigenvalue weighted by Gasteiger charge is 2.02. The molecule has 5 heteroatoms. The Kier molecular flexibility index (Phi) is 11.5. The van der Waals surface area contributed by atoms with Gasteiger partial charge in [0, 0.05) is 19.7 Å². The number of hydrogen-bond donors (Lipinski definition) is 2. The zero-order valence-electron chi connectivity index (χ0n) is 12.6. The first-order valence-corrected chi connectivity index (χ1v) is 6.98. The molecule has 0 unspecified atom stereocenters. The van der Waals surface area contributed by atoms with E-state index in [4.69, 9.17) is 4.74 Å². The molecule has 114 valence electrons. The molecule has 0 aromatic heterocycles. The lowest BCUT2D eigenvalue weighted by atomic mass is 10.1. The van der Waals surface area contributed by atoms with E-state index in [2.05, 4.69) is 41.6 Å². The Morgan fingerprint density at radius 1 is 1.05 bits per heavy atom. The third-order valence-corrected chi connectivity index (χ3v) is 2.68. The third-order valence-electron chi connectivity index (χ3n) is 2.68. The summed E-state index contributed by atoms with van der Waals surface area (Å²) in [5.41, 5.74) is 2.42. The predicted octanol–water partition coefficient (Wildman–Crippen LogP) is 2.92. The highest BCUT2D eigenvalue weighted by molar-refractivity contribution is 14.0. The molecule has 0 aliphatic heterocycles. The number of aliphatic imine (C=N–C) groups is 1. The van der Waals surface area contributed by atoms with Crippen LogP contribution in [-0.4, -0.2) is 25.7 Å². The van der Waals surface area contributed by atoms with Crippen LogP contribution in [0, 0.1) is 0 Å². The summed E-state index contributed by atoms with van der Waals surface area (Å²) in [6, 6.07) is 8.28. The van der Waals surface area contributed by atoms with Crippen molar-refractivity contribution in [2.45, 2.75) is 33.9 Å². The van der Waals surface area contributed by atoms with Crippen LogP contribution >= 0.6 is 24.0 Å². The van der Waals surface area contributed by atoms with Crippen molar-refractivity contribution in [2.75, 3.05) is 19.7 Å². The molecule has 0 saturated carbocycles. The molecule has 0 aliphatic rings. The summed E-state index contributed by atoms with van der Waals surface area (Å²) in [6.07, 6.45) is 0. The van der Waals surface area contributed by atoms with Gasteiger partial charge in [-0.2, -0.15) is 0 Å². The van der Waals surface area contributed by atoms with E-state index in [1.807, 2.05) is 19.1 Å². The van der Waals surface area contributed by atoms with Gasteiger partial charge in [0.05, 0.1) is 13.2 Å². The zero-order chi connectivity index (χ0) is 13.9. The van der Waals surface area contributed by atoms with Crippen LogP contribution in [0.3, 0.4) is 0 Å². The van der Waals surface area contributed by atoms with Crippen LogP contribution in [0.15, 0.2) is 29.3 Å². The number of halogens is 1. The first kappa shape index (κ1) is 19.2. The average molecular weight is 391 g/mol. The van der Waals surface area contributed by atoms with Gasteiger partial charge in [-0.05, 0) is 31.9 Å². The molecule has 0 spiro atoms. The number of nitrogens with zero attached hydrogens (tertiary/aromatic N) is 1. The molecule has 4 nitrogen and oxygen atoms in total. The fraction of sp³-hybridized carbons (Fsp3) is 0.533. The van der Waals surface area contributed by atoms with Crippen molar-refractivity contribution < 1.29 is 4.74 Å².